The Bertz CT molecular complexity index is 528. The molecule has 2 N–H and O–H groups in total. The van der Waals surface area contributed by atoms with Gasteiger partial charge in [0.1, 0.15) is 10.9 Å². The van der Waals surface area contributed by atoms with Gasteiger partial charge in [-0.2, -0.15) is 4.98 Å². The van der Waals surface area contributed by atoms with Crippen LogP contribution < -0.4 is 10.5 Å². The van der Waals surface area contributed by atoms with E-state index in [1.807, 2.05) is 24.3 Å². The molecule has 0 aliphatic carbocycles. The van der Waals surface area contributed by atoms with Crippen molar-refractivity contribution in [2.24, 2.45) is 0 Å². The van der Waals surface area contributed by atoms with Crippen LogP contribution in [0.3, 0.4) is 0 Å². The molecule has 0 radical (unpaired) electrons. The van der Waals surface area contributed by atoms with E-state index in [1.54, 1.807) is 7.11 Å². The summed E-state index contributed by atoms with van der Waals surface area (Å²) < 4.78 is 10.6. The number of nitrogens with zero attached hydrogens (tertiary/aromatic N) is 2. The molecule has 1 heterocycles. The number of halogens is 1. The van der Waals surface area contributed by atoms with E-state index in [4.69, 9.17) is 26.8 Å². The van der Waals surface area contributed by atoms with Gasteiger partial charge in [0.15, 0.2) is 0 Å². The quantitative estimate of drug-likeness (QED) is 0.861. The number of methoxy groups -OCH3 is 1. The maximum absolute atomic E-state index is 5.77. The predicted molar refractivity (Wildman–Crippen MR) is 68.7 cm³/mol. The number of aromatic nitrogens is 2. The van der Waals surface area contributed by atoms with Crippen LogP contribution >= 0.6 is 11.6 Å². The molecule has 0 fully saturated rings. The predicted octanol–water partition coefficient (Wildman–Crippen LogP) is 2.65. The Morgan fingerprint density at radius 3 is 2.83 bits per heavy atom. The van der Waals surface area contributed by atoms with Gasteiger partial charge in [0.05, 0.1) is 6.61 Å². The molecular weight excluding hydrogens is 254 g/mol. The average molecular weight is 266 g/mol. The highest BCUT2D eigenvalue weighted by Gasteiger charge is 2.04. The number of rotatable bonds is 4. The van der Waals surface area contributed by atoms with Crippen LogP contribution in [0.5, 0.6) is 11.6 Å². The number of nitrogen functional groups attached to an aromatic ring is 1. The zero-order valence-corrected chi connectivity index (χ0v) is 10.5. The summed E-state index contributed by atoms with van der Waals surface area (Å²) >= 11 is 5.77. The molecule has 1 aromatic heterocycles. The van der Waals surface area contributed by atoms with Crippen molar-refractivity contribution in [3.05, 3.63) is 41.0 Å². The average Bonchev–Trinajstić information content (AvgIpc) is 2.28. The van der Waals surface area contributed by atoms with E-state index >= 15 is 0 Å². The van der Waals surface area contributed by atoms with Gasteiger partial charge in [-0.15, -0.1) is 0 Å². The van der Waals surface area contributed by atoms with Crippen LogP contribution in [0.4, 0.5) is 5.95 Å². The SMILES string of the molecule is COCc1cccc(Oc2cc(Cl)nc(N)n2)c1. The minimum Gasteiger partial charge on any atom is -0.439 e. The molecular formula is C12H12ClN3O2. The highest BCUT2D eigenvalue weighted by atomic mass is 35.5. The van der Waals surface area contributed by atoms with Gasteiger partial charge >= 0.3 is 0 Å². The molecule has 0 unspecified atom stereocenters. The Labute approximate surface area is 110 Å². The molecule has 0 spiro atoms. The van der Waals surface area contributed by atoms with Crippen LogP contribution in [0.25, 0.3) is 0 Å². The molecule has 94 valence electrons. The number of anilines is 1. The fraction of sp³-hybridized carbons (Fsp3) is 0.167. The molecule has 5 nitrogen and oxygen atoms in total. The van der Waals surface area contributed by atoms with Gasteiger partial charge in [-0.25, -0.2) is 4.98 Å². The van der Waals surface area contributed by atoms with Crippen LogP contribution in [0, 0.1) is 0 Å². The van der Waals surface area contributed by atoms with Crippen molar-refractivity contribution in [2.75, 3.05) is 12.8 Å². The van der Waals surface area contributed by atoms with Gasteiger partial charge in [-0.05, 0) is 17.7 Å². The minimum absolute atomic E-state index is 0.0746. The van der Waals surface area contributed by atoms with E-state index in [1.165, 1.54) is 6.07 Å². The van der Waals surface area contributed by atoms with Gasteiger partial charge in [0.25, 0.3) is 0 Å². The normalized spacial score (nSPS) is 10.3. The molecule has 0 bridgehead atoms. The van der Waals surface area contributed by atoms with Gasteiger partial charge in [-0.3, -0.25) is 0 Å². The summed E-state index contributed by atoms with van der Waals surface area (Å²) in [6.45, 7) is 0.518. The molecule has 18 heavy (non-hydrogen) atoms. The molecule has 6 heteroatoms. The fourth-order valence-electron chi connectivity index (χ4n) is 1.45. The number of benzene rings is 1. The Morgan fingerprint density at radius 2 is 2.11 bits per heavy atom. The summed E-state index contributed by atoms with van der Waals surface area (Å²) in [4.78, 5) is 7.69. The molecule has 1 aromatic carbocycles. The van der Waals surface area contributed by atoms with Crippen LogP contribution in [0.1, 0.15) is 5.56 Å². The lowest BCUT2D eigenvalue weighted by Gasteiger charge is -2.07. The number of hydrogen-bond donors (Lipinski definition) is 1. The lowest BCUT2D eigenvalue weighted by molar-refractivity contribution is 0.184. The molecule has 0 atom stereocenters. The van der Waals surface area contributed by atoms with Crippen molar-refractivity contribution >= 4 is 17.5 Å². The molecule has 0 amide bonds. The Hall–Kier alpha value is -1.85. The standard InChI is InChI=1S/C12H12ClN3O2/c1-17-7-8-3-2-4-9(5-8)18-11-6-10(13)15-12(14)16-11/h2-6H,7H2,1H3,(H2,14,15,16). The van der Waals surface area contributed by atoms with E-state index in [9.17, 15) is 0 Å². The number of ether oxygens (including phenoxy) is 2. The highest BCUT2D eigenvalue weighted by Crippen LogP contribution is 2.23. The summed E-state index contributed by atoms with van der Waals surface area (Å²) in [6.07, 6.45) is 0. The van der Waals surface area contributed by atoms with Gasteiger partial charge in [0, 0.05) is 13.2 Å². The third-order valence-electron chi connectivity index (χ3n) is 2.12. The number of nitrogens with two attached hydrogens (primary N) is 1. The van der Waals surface area contributed by atoms with Gasteiger partial charge in [0.2, 0.25) is 11.8 Å². The molecule has 0 aliphatic heterocycles. The van der Waals surface area contributed by atoms with E-state index in [-0.39, 0.29) is 11.1 Å². The zero-order chi connectivity index (χ0) is 13.0. The van der Waals surface area contributed by atoms with E-state index in [2.05, 4.69) is 9.97 Å². The van der Waals surface area contributed by atoms with E-state index in [0.29, 0.717) is 18.2 Å². The van der Waals surface area contributed by atoms with Crippen LogP contribution in [-0.2, 0) is 11.3 Å². The van der Waals surface area contributed by atoms with Gasteiger partial charge < -0.3 is 15.2 Å². The van der Waals surface area contributed by atoms with Crippen LogP contribution in [0.2, 0.25) is 5.15 Å². The van der Waals surface area contributed by atoms with E-state index < -0.39 is 0 Å². The monoisotopic (exact) mass is 265 g/mol. The second-order valence-corrected chi connectivity index (χ2v) is 3.96. The summed E-state index contributed by atoms with van der Waals surface area (Å²) in [6, 6.07) is 8.98. The van der Waals surface area contributed by atoms with Gasteiger partial charge in [-0.1, -0.05) is 23.7 Å². The first-order chi connectivity index (χ1) is 8.67. The largest absolute Gasteiger partial charge is 0.439 e. The van der Waals surface area contributed by atoms with Crippen molar-refractivity contribution in [2.45, 2.75) is 6.61 Å². The summed E-state index contributed by atoms with van der Waals surface area (Å²) in [5, 5.41) is 0.241. The number of hydrogen-bond acceptors (Lipinski definition) is 5. The summed E-state index contributed by atoms with van der Waals surface area (Å²) in [7, 11) is 1.64. The Morgan fingerprint density at radius 1 is 1.28 bits per heavy atom. The second kappa shape index (κ2) is 5.66. The third kappa shape index (κ3) is 3.32. The maximum atomic E-state index is 5.77. The lowest BCUT2D eigenvalue weighted by atomic mass is 10.2. The van der Waals surface area contributed by atoms with Crippen molar-refractivity contribution in [1.29, 1.82) is 0 Å². The highest BCUT2D eigenvalue weighted by molar-refractivity contribution is 6.29. The molecule has 0 saturated carbocycles. The molecule has 0 saturated heterocycles. The molecule has 2 aromatic rings. The minimum atomic E-state index is 0.0746. The first-order valence-electron chi connectivity index (χ1n) is 5.23. The van der Waals surface area contributed by atoms with Crippen molar-refractivity contribution in [3.63, 3.8) is 0 Å². The van der Waals surface area contributed by atoms with Crippen LogP contribution in [0.15, 0.2) is 30.3 Å². The first kappa shape index (κ1) is 12.6. The molecule has 0 aliphatic rings. The smallest absolute Gasteiger partial charge is 0.225 e. The molecule has 2 rings (SSSR count). The lowest BCUT2D eigenvalue weighted by Crippen LogP contribution is -1.97. The van der Waals surface area contributed by atoms with E-state index in [0.717, 1.165) is 5.56 Å². The summed E-state index contributed by atoms with van der Waals surface area (Å²) in [5.41, 5.74) is 6.49. The topological polar surface area (TPSA) is 70.3 Å². The second-order valence-electron chi connectivity index (χ2n) is 3.57. The maximum Gasteiger partial charge on any atom is 0.225 e. The van der Waals surface area contributed by atoms with Crippen molar-refractivity contribution < 1.29 is 9.47 Å². The zero-order valence-electron chi connectivity index (χ0n) is 9.76. The third-order valence-corrected chi connectivity index (χ3v) is 2.31. The summed E-state index contributed by atoms with van der Waals surface area (Å²) in [5.74, 6) is 1.02. The van der Waals surface area contributed by atoms with Crippen molar-refractivity contribution in [3.8, 4) is 11.6 Å². The Kier molecular flexibility index (Phi) is 3.96. The van der Waals surface area contributed by atoms with Crippen molar-refractivity contribution in [1.82, 2.24) is 9.97 Å². The Balaban J connectivity index is 2.20. The van der Waals surface area contributed by atoms with Crippen LogP contribution in [-0.4, -0.2) is 17.1 Å². The first-order valence-corrected chi connectivity index (χ1v) is 5.61. The fourth-order valence-corrected chi connectivity index (χ4v) is 1.63.